The van der Waals surface area contributed by atoms with Crippen molar-refractivity contribution in [2.24, 2.45) is 4.99 Å². The number of rotatable bonds is 6. The quantitative estimate of drug-likeness (QED) is 0.585. The molecule has 1 fully saturated rings. The molecule has 152 valence electrons. The summed E-state index contributed by atoms with van der Waals surface area (Å²) in [6, 6.07) is 4.25. The first-order valence-electron chi connectivity index (χ1n) is 10.5. The number of aryl methyl sites for hydroxylation is 1. The van der Waals surface area contributed by atoms with E-state index in [9.17, 15) is 0 Å². The van der Waals surface area contributed by atoms with Gasteiger partial charge in [0.25, 0.3) is 0 Å². The highest BCUT2D eigenvalue weighted by atomic mass is 16.3. The van der Waals surface area contributed by atoms with Crippen LogP contribution in [-0.2, 0) is 19.5 Å². The molecule has 1 atom stereocenters. The van der Waals surface area contributed by atoms with Crippen LogP contribution in [0, 0.1) is 0 Å². The van der Waals surface area contributed by atoms with Gasteiger partial charge in [-0.3, -0.25) is 9.89 Å². The van der Waals surface area contributed by atoms with Gasteiger partial charge in [0.15, 0.2) is 11.8 Å². The first-order valence-corrected chi connectivity index (χ1v) is 10.5. The Labute approximate surface area is 166 Å². The van der Waals surface area contributed by atoms with Crippen molar-refractivity contribution in [3.8, 4) is 0 Å². The van der Waals surface area contributed by atoms with Crippen molar-refractivity contribution in [2.75, 3.05) is 26.7 Å². The van der Waals surface area contributed by atoms with Gasteiger partial charge in [-0.1, -0.05) is 6.42 Å². The van der Waals surface area contributed by atoms with E-state index >= 15 is 0 Å². The summed E-state index contributed by atoms with van der Waals surface area (Å²) >= 11 is 0. The van der Waals surface area contributed by atoms with Crippen molar-refractivity contribution in [1.29, 1.82) is 0 Å². The van der Waals surface area contributed by atoms with Crippen molar-refractivity contribution >= 4 is 5.96 Å². The molecule has 2 aromatic heterocycles. The van der Waals surface area contributed by atoms with E-state index in [2.05, 4.69) is 41.4 Å². The van der Waals surface area contributed by atoms with E-state index < -0.39 is 0 Å². The zero-order chi connectivity index (χ0) is 19.2. The lowest BCUT2D eigenvalue weighted by molar-refractivity contribution is 0.215. The number of likely N-dealkylation sites (tertiary alicyclic amines) is 1. The van der Waals surface area contributed by atoms with Gasteiger partial charge in [0.2, 0.25) is 0 Å². The first-order chi connectivity index (χ1) is 13.8. The number of aromatic nitrogens is 3. The molecule has 2 aliphatic rings. The standard InChI is InChI=1S/C20H31N7O/c1-21-20(23-15-19-25-24-18-9-3-2-4-12-27(18)19)22-14-16(17-8-7-13-28-17)26-10-5-6-11-26/h7-8,13,16H,2-6,9-12,14-15H2,1H3,(H2,21,22,23). The third-order valence-electron chi connectivity index (χ3n) is 5.74. The molecule has 0 spiro atoms. The normalized spacial score (nSPS) is 19.2. The molecule has 0 radical (unpaired) electrons. The molecule has 0 bridgehead atoms. The van der Waals surface area contributed by atoms with Crippen molar-refractivity contribution in [1.82, 2.24) is 30.3 Å². The zero-order valence-corrected chi connectivity index (χ0v) is 16.7. The topological polar surface area (TPSA) is 83.5 Å². The lowest BCUT2D eigenvalue weighted by Crippen LogP contribution is -2.42. The number of furan rings is 1. The number of guanidine groups is 1. The summed E-state index contributed by atoms with van der Waals surface area (Å²) in [7, 11) is 1.80. The van der Waals surface area contributed by atoms with Gasteiger partial charge in [0, 0.05) is 26.6 Å². The van der Waals surface area contributed by atoms with Gasteiger partial charge < -0.3 is 19.6 Å². The SMILES string of the molecule is CN=C(NCc1nnc2n1CCCCC2)NCC(c1ccco1)N1CCCC1. The highest BCUT2D eigenvalue weighted by Crippen LogP contribution is 2.24. The van der Waals surface area contributed by atoms with Crippen LogP contribution < -0.4 is 10.6 Å². The largest absolute Gasteiger partial charge is 0.468 e. The third kappa shape index (κ3) is 4.38. The van der Waals surface area contributed by atoms with Crippen molar-refractivity contribution in [3.05, 3.63) is 35.8 Å². The van der Waals surface area contributed by atoms with Crippen molar-refractivity contribution in [2.45, 2.75) is 57.7 Å². The van der Waals surface area contributed by atoms with Crippen LogP contribution in [0.3, 0.4) is 0 Å². The maximum Gasteiger partial charge on any atom is 0.191 e. The monoisotopic (exact) mass is 385 g/mol. The Kier molecular flexibility index (Phi) is 6.26. The van der Waals surface area contributed by atoms with Crippen LogP contribution in [0.15, 0.2) is 27.8 Å². The summed E-state index contributed by atoms with van der Waals surface area (Å²) in [5.74, 6) is 3.89. The second-order valence-corrected chi connectivity index (χ2v) is 7.58. The van der Waals surface area contributed by atoms with E-state index in [1.165, 1.54) is 32.1 Å². The lowest BCUT2D eigenvalue weighted by atomic mass is 10.2. The Hall–Kier alpha value is -2.35. The van der Waals surface area contributed by atoms with Crippen LogP contribution in [0.25, 0.3) is 0 Å². The van der Waals surface area contributed by atoms with Gasteiger partial charge in [-0.05, 0) is 50.9 Å². The molecule has 2 aliphatic heterocycles. The molecule has 4 rings (SSSR count). The van der Waals surface area contributed by atoms with Crippen LogP contribution in [0.2, 0.25) is 0 Å². The maximum atomic E-state index is 5.70. The fourth-order valence-electron chi connectivity index (χ4n) is 4.20. The number of aliphatic imine (C=N–C) groups is 1. The summed E-state index contributed by atoms with van der Waals surface area (Å²) in [5, 5.41) is 15.6. The predicted molar refractivity (Wildman–Crippen MR) is 108 cm³/mol. The smallest absolute Gasteiger partial charge is 0.191 e. The van der Waals surface area contributed by atoms with Crippen LogP contribution >= 0.6 is 0 Å². The van der Waals surface area contributed by atoms with Gasteiger partial charge in [0.1, 0.15) is 11.6 Å². The average molecular weight is 386 g/mol. The zero-order valence-electron chi connectivity index (χ0n) is 16.7. The van der Waals surface area contributed by atoms with Crippen LogP contribution in [0.4, 0.5) is 0 Å². The second kappa shape index (κ2) is 9.23. The van der Waals surface area contributed by atoms with E-state index in [-0.39, 0.29) is 6.04 Å². The Morgan fingerprint density at radius 2 is 2.00 bits per heavy atom. The van der Waals surface area contributed by atoms with E-state index in [1.807, 2.05) is 6.07 Å². The van der Waals surface area contributed by atoms with Crippen LogP contribution in [0.1, 0.15) is 55.6 Å². The summed E-state index contributed by atoms with van der Waals surface area (Å²) in [6.07, 6.45) is 8.96. The van der Waals surface area contributed by atoms with Gasteiger partial charge in [-0.2, -0.15) is 0 Å². The third-order valence-corrected chi connectivity index (χ3v) is 5.74. The molecule has 28 heavy (non-hydrogen) atoms. The lowest BCUT2D eigenvalue weighted by Gasteiger charge is -2.26. The summed E-state index contributed by atoms with van der Waals surface area (Å²) in [6.45, 7) is 4.63. The summed E-state index contributed by atoms with van der Waals surface area (Å²) < 4.78 is 7.97. The Morgan fingerprint density at radius 1 is 1.14 bits per heavy atom. The molecule has 8 nitrogen and oxygen atoms in total. The van der Waals surface area contributed by atoms with Crippen molar-refractivity contribution in [3.63, 3.8) is 0 Å². The first kappa shape index (κ1) is 19.0. The maximum absolute atomic E-state index is 5.70. The van der Waals surface area contributed by atoms with Crippen LogP contribution in [0.5, 0.6) is 0 Å². The Morgan fingerprint density at radius 3 is 2.79 bits per heavy atom. The fourth-order valence-corrected chi connectivity index (χ4v) is 4.20. The molecule has 1 unspecified atom stereocenters. The molecule has 1 saturated heterocycles. The van der Waals surface area contributed by atoms with E-state index in [0.717, 1.165) is 56.0 Å². The average Bonchev–Trinajstić information content (AvgIpc) is 3.46. The molecule has 4 heterocycles. The molecule has 2 aromatic rings. The summed E-state index contributed by atoms with van der Waals surface area (Å²) in [5.41, 5.74) is 0. The molecule has 0 amide bonds. The minimum atomic E-state index is 0.223. The highest BCUT2D eigenvalue weighted by molar-refractivity contribution is 5.79. The number of hydrogen-bond acceptors (Lipinski definition) is 5. The Bertz CT molecular complexity index is 762. The van der Waals surface area contributed by atoms with E-state index in [0.29, 0.717) is 6.54 Å². The minimum absolute atomic E-state index is 0.223. The van der Waals surface area contributed by atoms with Gasteiger partial charge in [-0.15, -0.1) is 10.2 Å². The van der Waals surface area contributed by atoms with E-state index in [1.54, 1.807) is 13.3 Å². The second-order valence-electron chi connectivity index (χ2n) is 7.58. The van der Waals surface area contributed by atoms with Gasteiger partial charge in [-0.25, -0.2) is 0 Å². The Balaban J connectivity index is 1.35. The van der Waals surface area contributed by atoms with Gasteiger partial charge >= 0.3 is 0 Å². The highest BCUT2D eigenvalue weighted by Gasteiger charge is 2.25. The fraction of sp³-hybridized carbons (Fsp3) is 0.650. The predicted octanol–water partition coefficient (Wildman–Crippen LogP) is 2.10. The molecule has 0 saturated carbocycles. The molecule has 2 N–H and O–H groups in total. The van der Waals surface area contributed by atoms with E-state index in [4.69, 9.17) is 4.42 Å². The van der Waals surface area contributed by atoms with Crippen molar-refractivity contribution < 1.29 is 4.42 Å². The molecule has 0 aromatic carbocycles. The molecule has 8 heteroatoms. The number of hydrogen-bond donors (Lipinski definition) is 2. The number of nitrogens with zero attached hydrogens (tertiary/aromatic N) is 5. The van der Waals surface area contributed by atoms with Crippen LogP contribution in [-0.4, -0.2) is 52.3 Å². The van der Waals surface area contributed by atoms with Gasteiger partial charge in [0.05, 0.1) is 18.8 Å². The molecular formula is C20H31N7O. The summed E-state index contributed by atoms with van der Waals surface area (Å²) in [4.78, 5) is 6.87. The number of fused-ring (bicyclic) bond motifs is 1. The molecular weight excluding hydrogens is 354 g/mol. The minimum Gasteiger partial charge on any atom is -0.468 e. The number of nitrogens with one attached hydrogen (secondary N) is 2. The molecule has 0 aliphatic carbocycles.